The van der Waals surface area contributed by atoms with Crippen LogP contribution in [0.1, 0.15) is 37.6 Å². The van der Waals surface area contributed by atoms with Gasteiger partial charge in [-0.25, -0.2) is 9.67 Å². The Hall–Kier alpha value is -2.74. The minimum Gasteiger partial charge on any atom is -0.461 e. The molecule has 3 rings (SSSR count). The van der Waals surface area contributed by atoms with Crippen molar-refractivity contribution in [3.05, 3.63) is 36.2 Å². The number of anilines is 1. The molecule has 0 radical (unpaired) electrons. The third-order valence-electron chi connectivity index (χ3n) is 5.30. The lowest BCUT2D eigenvalue weighted by atomic mass is 9.94. The van der Waals surface area contributed by atoms with Crippen LogP contribution in [0.25, 0.3) is 11.4 Å². The molecule has 1 fully saturated rings. The molecule has 2 aromatic rings. The molecular weight excluding hydrogens is 370 g/mol. The van der Waals surface area contributed by atoms with Crippen molar-refractivity contribution in [3.8, 4) is 11.4 Å². The Morgan fingerprint density at radius 2 is 2.28 bits per heavy atom. The summed E-state index contributed by atoms with van der Waals surface area (Å²) >= 11 is 0. The van der Waals surface area contributed by atoms with E-state index >= 15 is 0 Å². The summed E-state index contributed by atoms with van der Waals surface area (Å²) in [4.78, 5) is 19.1. The molecule has 0 spiro atoms. The summed E-state index contributed by atoms with van der Waals surface area (Å²) in [6.45, 7) is 7.53. The molecule has 1 aliphatic heterocycles. The maximum atomic E-state index is 12.0. The first-order chi connectivity index (χ1) is 14.1. The molecule has 1 atom stereocenters. The summed E-state index contributed by atoms with van der Waals surface area (Å²) in [5.41, 5.74) is 4.03. The van der Waals surface area contributed by atoms with Crippen LogP contribution in [0, 0.1) is 5.92 Å². The fourth-order valence-corrected chi connectivity index (χ4v) is 3.82. The van der Waals surface area contributed by atoms with Crippen molar-refractivity contribution in [1.29, 1.82) is 0 Å². The molecule has 8 heteroatoms. The van der Waals surface area contributed by atoms with Crippen LogP contribution in [0.3, 0.4) is 0 Å². The lowest BCUT2D eigenvalue weighted by molar-refractivity contribution is -0.143. The number of aliphatic hydroxyl groups is 1. The number of hydrogen-bond acceptors (Lipinski definition) is 7. The Kier molecular flexibility index (Phi) is 6.98. The first kappa shape index (κ1) is 21.0. The zero-order chi connectivity index (χ0) is 20.8. The van der Waals surface area contributed by atoms with Gasteiger partial charge in [0, 0.05) is 20.1 Å². The second-order valence-electron chi connectivity index (χ2n) is 7.31. The van der Waals surface area contributed by atoms with Gasteiger partial charge >= 0.3 is 5.97 Å². The van der Waals surface area contributed by atoms with Crippen LogP contribution < -0.4 is 4.90 Å². The van der Waals surface area contributed by atoms with E-state index in [2.05, 4.69) is 34.8 Å². The minimum atomic E-state index is -0.167. The van der Waals surface area contributed by atoms with E-state index in [-0.39, 0.29) is 25.1 Å². The molecule has 8 nitrogen and oxygen atoms in total. The second kappa shape index (κ2) is 9.65. The highest BCUT2D eigenvalue weighted by Crippen LogP contribution is 2.30. The molecule has 156 valence electrons. The Bertz CT molecular complexity index is 864. The van der Waals surface area contributed by atoms with Gasteiger partial charge in [-0.2, -0.15) is 0 Å². The van der Waals surface area contributed by atoms with Crippen molar-refractivity contribution in [3.63, 3.8) is 0 Å². The van der Waals surface area contributed by atoms with Crippen molar-refractivity contribution in [2.24, 2.45) is 13.0 Å². The van der Waals surface area contributed by atoms with Gasteiger partial charge in [-0.3, -0.25) is 4.79 Å². The number of pyridine rings is 1. The maximum absolute atomic E-state index is 12.0. The molecule has 3 heterocycles. The van der Waals surface area contributed by atoms with E-state index < -0.39 is 0 Å². The van der Waals surface area contributed by atoms with Crippen LogP contribution in [-0.2, 0) is 29.6 Å². The van der Waals surface area contributed by atoms with E-state index in [1.54, 1.807) is 17.8 Å². The molecule has 0 amide bonds. The maximum Gasteiger partial charge on any atom is 0.306 e. The number of carbonyl (C=O) groups excluding carboxylic acids is 1. The number of hydrogen-bond donors (Lipinski definition) is 1. The standard InChI is InChI=1S/C21H29N5O3/c1-4-11-29-20(28)12-15-7-6-10-26(13-15)18-9-8-17(22-16(18)5-2)21-19(14-27)25(3)24-23-21/h4,8-9,15,27H,1,5-7,10-14H2,2-3H3/t15-/m1/s1. The van der Waals surface area contributed by atoms with Crippen molar-refractivity contribution in [2.75, 3.05) is 24.6 Å². The number of piperidine rings is 1. The second-order valence-corrected chi connectivity index (χ2v) is 7.31. The van der Waals surface area contributed by atoms with Gasteiger partial charge in [-0.05, 0) is 37.3 Å². The van der Waals surface area contributed by atoms with Crippen LogP contribution in [0.4, 0.5) is 5.69 Å². The van der Waals surface area contributed by atoms with Crippen molar-refractivity contribution < 1.29 is 14.6 Å². The van der Waals surface area contributed by atoms with Crippen LogP contribution in [0.5, 0.6) is 0 Å². The lowest BCUT2D eigenvalue weighted by Gasteiger charge is -2.35. The van der Waals surface area contributed by atoms with E-state index in [1.807, 2.05) is 6.07 Å². The van der Waals surface area contributed by atoms with Crippen molar-refractivity contribution in [1.82, 2.24) is 20.0 Å². The highest BCUT2D eigenvalue weighted by Gasteiger charge is 2.25. The zero-order valence-corrected chi connectivity index (χ0v) is 17.2. The summed E-state index contributed by atoms with van der Waals surface area (Å²) in [6, 6.07) is 4.00. The number of aryl methyl sites for hydroxylation is 2. The molecule has 0 bridgehead atoms. The van der Waals surface area contributed by atoms with Crippen molar-refractivity contribution in [2.45, 2.75) is 39.2 Å². The normalized spacial score (nSPS) is 16.7. The van der Waals surface area contributed by atoms with Gasteiger partial charge in [-0.15, -0.1) is 5.10 Å². The first-order valence-electron chi connectivity index (χ1n) is 10.1. The van der Waals surface area contributed by atoms with Gasteiger partial charge < -0.3 is 14.7 Å². The van der Waals surface area contributed by atoms with E-state index in [9.17, 15) is 9.90 Å². The number of aliphatic hydroxyl groups excluding tert-OH is 1. The smallest absolute Gasteiger partial charge is 0.306 e. The molecule has 29 heavy (non-hydrogen) atoms. The van der Waals surface area contributed by atoms with Crippen LogP contribution >= 0.6 is 0 Å². The van der Waals surface area contributed by atoms with Gasteiger partial charge in [0.25, 0.3) is 0 Å². The van der Waals surface area contributed by atoms with Crippen LogP contribution in [0.2, 0.25) is 0 Å². The number of esters is 1. The molecule has 0 saturated carbocycles. The van der Waals surface area contributed by atoms with Crippen LogP contribution in [0.15, 0.2) is 24.8 Å². The molecular formula is C21H29N5O3. The van der Waals surface area contributed by atoms with Crippen molar-refractivity contribution >= 4 is 11.7 Å². The number of aromatic nitrogens is 4. The summed E-state index contributed by atoms with van der Waals surface area (Å²) < 4.78 is 6.71. The molecule has 1 aliphatic rings. The Balaban J connectivity index is 1.77. The topological polar surface area (TPSA) is 93.4 Å². The predicted octanol–water partition coefficient (Wildman–Crippen LogP) is 2.27. The predicted molar refractivity (Wildman–Crippen MR) is 110 cm³/mol. The first-order valence-corrected chi connectivity index (χ1v) is 10.1. The fraction of sp³-hybridized carbons (Fsp3) is 0.524. The zero-order valence-electron chi connectivity index (χ0n) is 17.2. The van der Waals surface area contributed by atoms with Gasteiger partial charge in [0.1, 0.15) is 12.3 Å². The SMILES string of the molecule is C=CCOC(=O)C[C@H]1CCCN(c2ccc(-c3nnn(C)c3CO)nc2CC)C1. The molecule has 0 unspecified atom stereocenters. The quantitative estimate of drug-likeness (QED) is 0.537. The molecule has 1 saturated heterocycles. The summed E-state index contributed by atoms with van der Waals surface area (Å²) in [5, 5.41) is 17.8. The fourth-order valence-electron chi connectivity index (χ4n) is 3.82. The van der Waals surface area contributed by atoms with Gasteiger partial charge in [-0.1, -0.05) is 24.8 Å². The minimum absolute atomic E-state index is 0.139. The van der Waals surface area contributed by atoms with Gasteiger partial charge in [0.15, 0.2) is 0 Å². The molecule has 2 aromatic heterocycles. The number of carbonyl (C=O) groups is 1. The number of rotatable bonds is 8. The average molecular weight is 399 g/mol. The monoisotopic (exact) mass is 399 g/mol. The van der Waals surface area contributed by atoms with Gasteiger partial charge in [0.2, 0.25) is 0 Å². The average Bonchev–Trinajstić information content (AvgIpc) is 3.12. The largest absolute Gasteiger partial charge is 0.461 e. The van der Waals surface area contributed by atoms with E-state index in [0.29, 0.717) is 23.5 Å². The number of nitrogens with zero attached hydrogens (tertiary/aromatic N) is 5. The molecule has 1 N–H and O–H groups in total. The van der Waals surface area contributed by atoms with E-state index in [1.165, 1.54) is 0 Å². The summed E-state index contributed by atoms with van der Waals surface area (Å²) in [5.74, 6) is 0.103. The third kappa shape index (κ3) is 4.82. The number of ether oxygens (including phenoxy) is 1. The van der Waals surface area contributed by atoms with E-state index in [4.69, 9.17) is 9.72 Å². The lowest BCUT2D eigenvalue weighted by Crippen LogP contribution is -2.37. The summed E-state index contributed by atoms with van der Waals surface area (Å²) in [7, 11) is 1.76. The third-order valence-corrected chi connectivity index (χ3v) is 5.30. The highest BCUT2D eigenvalue weighted by molar-refractivity contribution is 5.70. The van der Waals surface area contributed by atoms with Gasteiger partial charge in [0.05, 0.1) is 35.8 Å². The van der Waals surface area contributed by atoms with Crippen LogP contribution in [-0.4, -0.2) is 50.8 Å². The molecule has 0 aliphatic carbocycles. The Labute approximate surface area is 171 Å². The Morgan fingerprint density at radius 1 is 1.45 bits per heavy atom. The van der Waals surface area contributed by atoms with E-state index in [0.717, 1.165) is 43.7 Å². The molecule has 0 aromatic carbocycles. The summed E-state index contributed by atoms with van der Waals surface area (Å²) in [6.07, 6.45) is 4.84. The highest BCUT2D eigenvalue weighted by atomic mass is 16.5. The Morgan fingerprint density at radius 3 is 3.00 bits per heavy atom.